The minimum absolute atomic E-state index is 0.0381. The standard InChI is InChI=1S/C19H25N3O2/c1-6-13(4)22-10-15-16(18(22)23)17(20-19(24)21(15)5)14-8-7-11(2)9-12(14)3/h7-9,13,17H,6,10H2,1-5H3,(H,20,24)/t13-,17-/m0/s1. The average molecular weight is 327 g/mol. The zero-order valence-electron chi connectivity index (χ0n) is 15.0. The first-order valence-electron chi connectivity index (χ1n) is 8.50. The molecule has 2 atom stereocenters. The molecule has 2 aliphatic rings. The molecule has 0 unspecified atom stereocenters. The van der Waals surface area contributed by atoms with Gasteiger partial charge in [0.05, 0.1) is 23.9 Å². The maximum atomic E-state index is 13.0. The molecule has 1 N–H and O–H groups in total. The van der Waals surface area contributed by atoms with Gasteiger partial charge in [-0.15, -0.1) is 0 Å². The molecule has 0 aliphatic carbocycles. The number of amides is 3. The largest absolute Gasteiger partial charge is 0.330 e. The fourth-order valence-electron chi connectivity index (χ4n) is 3.55. The Morgan fingerprint density at radius 1 is 1.29 bits per heavy atom. The van der Waals surface area contributed by atoms with Crippen LogP contribution in [0.2, 0.25) is 0 Å². The van der Waals surface area contributed by atoms with Gasteiger partial charge in [0.1, 0.15) is 0 Å². The van der Waals surface area contributed by atoms with Gasteiger partial charge >= 0.3 is 6.03 Å². The monoisotopic (exact) mass is 327 g/mol. The van der Waals surface area contributed by atoms with Crippen molar-refractivity contribution in [2.24, 2.45) is 0 Å². The van der Waals surface area contributed by atoms with E-state index >= 15 is 0 Å². The molecule has 128 valence electrons. The van der Waals surface area contributed by atoms with Crippen LogP contribution in [0.15, 0.2) is 29.5 Å². The molecule has 2 heterocycles. The van der Waals surface area contributed by atoms with Crippen LogP contribution in [0.5, 0.6) is 0 Å². The average Bonchev–Trinajstić information content (AvgIpc) is 2.88. The Bertz CT molecular complexity index is 738. The first kappa shape index (κ1) is 16.6. The zero-order chi connectivity index (χ0) is 17.6. The molecule has 0 aromatic heterocycles. The van der Waals surface area contributed by atoms with E-state index in [4.69, 9.17) is 0 Å². The predicted molar refractivity (Wildman–Crippen MR) is 93.4 cm³/mol. The van der Waals surface area contributed by atoms with E-state index in [-0.39, 0.29) is 24.0 Å². The number of carbonyl (C=O) groups excluding carboxylic acids is 2. The van der Waals surface area contributed by atoms with Gasteiger partial charge in [0, 0.05) is 13.1 Å². The SMILES string of the molecule is CC[C@H](C)N1CC2=C(C1=O)[C@H](c1ccc(C)cc1C)NC(=O)N2C. The van der Waals surface area contributed by atoms with E-state index < -0.39 is 0 Å². The van der Waals surface area contributed by atoms with Crippen LogP contribution in [0.1, 0.15) is 43.0 Å². The van der Waals surface area contributed by atoms with Crippen molar-refractivity contribution in [2.75, 3.05) is 13.6 Å². The normalized spacial score (nSPS) is 22.0. The number of likely N-dealkylation sites (N-methyl/N-ethyl adjacent to an activating group) is 1. The van der Waals surface area contributed by atoms with Gasteiger partial charge in [-0.05, 0) is 38.3 Å². The smallest absolute Gasteiger partial charge is 0.322 e. The van der Waals surface area contributed by atoms with Crippen LogP contribution in [-0.2, 0) is 4.79 Å². The molecule has 3 rings (SSSR count). The molecule has 5 heteroatoms. The van der Waals surface area contributed by atoms with Crippen LogP contribution in [0, 0.1) is 13.8 Å². The Morgan fingerprint density at radius 2 is 2.00 bits per heavy atom. The van der Waals surface area contributed by atoms with Crippen molar-refractivity contribution in [1.82, 2.24) is 15.1 Å². The molecule has 0 fully saturated rings. The van der Waals surface area contributed by atoms with Crippen molar-refractivity contribution in [1.29, 1.82) is 0 Å². The second kappa shape index (κ2) is 5.96. The number of nitrogens with zero attached hydrogens (tertiary/aromatic N) is 2. The highest BCUT2D eigenvalue weighted by Gasteiger charge is 2.44. The van der Waals surface area contributed by atoms with E-state index in [2.05, 4.69) is 25.2 Å². The zero-order valence-corrected chi connectivity index (χ0v) is 15.0. The predicted octanol–water partition coefficient (Wildman–Crippen LogP) is 2.89. The van der Waals surface area contributed by atoms with Crippen LogP contribution < -0.4 is 5.32 Å². The summed E-state index contributed by atoms with van der Waals surface area (Å²) in [4.78, 5) is 28.9. The molecule has 2 aliphatic heterocycles. The van der Waals surface area contributed by atoms with E-state index in [9.17, 15) is 9.59 Å². The van der Waals surface area contributed by atoms with Crippen molar-refractivity contribution in [2.45, 2.75) is 46.2 Å². The Balaban J connectivity index is 2.07. The highest BCUT2D eigenvalue weighted by Crippen LogP contribution is 2.37. The Morgan fingerprint density at radius 3 is 2.62 bits per heavy atom. The lowest BCUT2D eigenvalue weighted by Crippen LogP contribution is -2.45. The minimum atomic E-state index is -0.370. The third kappa shape index (κ3) is 2.48. The van der Waals surface area contributed by atoms with Crippen molar-refractivity contribution < 1.29 is 9.59 Å². The second-order valence-corrected chi connectivity index (χ2v) is 6.85. The summed E-state index contributed by atoms with van der Waals surface area (Å²) in [5, 5.41) is 3.00. The minimum Gasteiger partial charge on any atom is -0.330 e. The summed E-state index contributed by atoms with van der Waals surface area (Å²) in [5.41, 5.74) is 4.79. The van der Waals surface area contributed by atoms with E-state index in [0.717, 1.165) is 23.2 Å². The molecular formula is C19H25N3O2. The van der Waals surface area contributed by atoms with Crippen LogP contribution >= 0.6 is 0 Å². The van der Waals surface area contributed by atoms with Crippen molar-refractivity contribution in [3.05, 3.63) is 46.2 Å². The molecule has 0 radical (unpaired) electrons. The molecule has 5 nitrogen and oxygen atoms in total. The van der Waals surface area contributed by atoms with Gasteiger partial charge in [0.25, 0.3) is 5.91 Å². The van der Waals surface area contributed by atoms with E-state index in [1.165, 1.54) is 5.56 Å². The lowest BCUT2D eigenvalue weighted by molar-refractivity contribution is -0.127. The second-order valence-electron chi connectivity index (χ2n) is 6.85. The van der Waals surface area contributed by atoms with Crippen molar-refractivity contribution >= 4 is 11.9 Å². The fraction of sp³-hybridized carbons (Fsp3) is 0.474. The highest BCUT2D eigenvalue weighted by molar-refractivity contribution is 6.01. The van der Waals surface area contributed by atoms with Gasteiger partial charge in [-0.3, -0.25) is 9.69 Å². The first-order valence-corrected chi connectivity index (χ1v) is 8.50. The topological polar surface area (TPSA) is 52.7 Å². The number of rotatable bonds is 3. The quantitative estimate of drug-likeness (QED) is 0.928. The number of carbonyl (C=O) groups is 2. The summed E-state index contributed by atoms with van der Waals surface area (Å²) in [6, 6.07) is 5.77. The lowest BCUT2D eigenvalue weighted by atomic mass is 9.91. The number of hydrogen-bond acceptors (Lipinski definition) is 2. The molecule has 0 spiro atoms. The summed E-state index contributed by atoms with van der Waals surface area (Å²) in [6.45, 7) is 8.70. The van der Waals surface area contributed by atoms with Gasteiger partial charge in [0.2, 0.25) is 0 Å². The summed E-state index contributed by atoms with van der Waals surface area (Å²) in [7, 11) is 1.73. The fourth-order valence-corrected chi connectivity index (χ4v) is 3.55. The maximum Gasteiger partial charge on any atom is 0.322 e. The summed E-state index contributed by atoms with van der Waals surface area (Å²) in [6.07, 6.45) is 0.894. The van der Waals surface area contributed by atoms with Crippen LogP contribution in [0.25, 0.3) is 0 Å². The van der Waals surface area contributed by atoms with Gasteiger partial charge in [-0.25, -0.2) is 4.79 Å². The lowest BCUT2D eigenvalue weighted by Gasteiger charge is -2.31. The number of hydrogen-bond donors (Lipinski definition) is 1. The number of aryl methyl sites for hydroxylation is 2. The van der Waals surface area contributed by atoms with Crippen LogP contribution in [0.3, 0.4) is 0 Å². The summed E-state index contributed by atoms with van der Waals surface area (Å²) >= 11 is 0. The third-order valence-corrected chi connectivity index (χ3v) is 5.25. The van der Waals surface area contributed by atoms with Crippen LogP contribution in [-0.4, -0.2) is 41.4 Å². The molecule has 0 saturated carbocycles. The summed E-state index contributed by atoms with van der Waals surface area (Å²) < 4.78 is 0. The van der Waals surface area contributed by atoms with Gasteiger partial charge in [-0.1, -0.05) is 30.7 Å². The number of benzene rings is 1. The van der Waals surface area contributed by atoms with Gasteiger partial charge < -0.3 is 10.2 Å². The van der Waals surface area contributed by atoms with Crippen LogP contribution in [0.4, 0.5) is 4.79 Å². The molecule has 1 aromatic carbocycles. The molecule has 24 heavy (non-hydrogen) atoms. The van der Waals surface area contributed by atoms with E-state index in [1.807, 2.05) is 30.9 Å². The highest BCUT2D eigenvalue weighted by atomic mass is 16.2. The molecule has 0 saturated heterocycles. The number of nitrogens with one attached hydrogen (secondary N) is 1. The van der Waals surface area contributed by atoms with E-state index in [1.54, 1.807) is 11.9 Å². The Labute approximate surface area is 143 Å². The maximum absolute atomic E-state index is 13.0. The van der Waals surface area contributed by atoms with E-state index in [0.29, 0.717) is 12.1 Å². The molecule has 0 bridgehead atoms. The van der Waals surface area contributed by atoms with Crippen molar-refractivity contribution in [3.63, 3.8) is 0 Å². The third-order valence-electron chi connectivity index (χ3n) is 5.25. The summed E-state index contributed by atoms with van der Waals surface area (Å²) in [5.74, 6) is 0.0381. The molecule has 3 amide bonds. The van der Waals surface area contributed by atoms with Crippen molar-refractivity contribution in [3.8, 4) is 0 Å². The Kier molecular flexibility index (Phi) is 4.11. The first-order chi connectivity index (χ1) is 11.3. The van der Waals surface area contributed by atoms with Gasteiger partial charge in [-0.2, -0.15) is 0 Å². The number of urea groups is 1. The molecular weight excluding hydrogens is 302 g/mol. The van der Waals surface area contributed by atoms with Gasteiger partial charge in [0.15, 0.2) is 0 Å². The molecule has 1 aromatic rings. The Hall–Kier alpha value is -2.30.